The van der Waals surface area contributed by atoms with Crippen LogP contribution in [0.5, 0.6) is 0 Å². The third-order valence-electron chi connectivity index (χ3n) is 4.92. The molecule has 3 aromatic rings. The van der Waals surface area contributed by atoms with E-state index >= 15 is 4.39 Å². The van der Waals surface area contributed by atoms with Crippen molar-refractivity contribution in [1.29, 1.82) is 0 Å². The predicted molar refractivity (Wildman–Crippen MR) is 101 cm³/mol. The van der Waals surface area contributed by atoms with Gasteiger partial charge in [-0.1, -0.05) is 5.10 Å². The smallest absolute Gasteiger partial charge is 0.348 e. The minimum atomic E-state index is -1.27. The third kappa shape index (κ3) is 4.24. The zero-order chi connectivity index (χ0) is 20.3. The molecule has 4 rings (SSSR count). The summed E-state index contributed by atoms with van der Waals surface area (Å²) < 4.78 is 16.6. The fourth-order valence-electron chi connectivity index (χ4n) is 3.41. The van der Waals surface area contributed by atoms with Crippen LogP contribution in [0.4, 0.5) is 4.39 Å². The summed E-state index contributed by atoms with van der Waals surface area (Å²) in [6.07, 6.45) is 5.68. The molecule has 2 N–H and O–H groups in total. The lowest BCUT2D eigenvalue weighted by Gasteiger charge is -2.29. The van der Waals surface area contributed by atoms with Gasteiger partial charge in [0, 0.05) is 18.7 Å². The van der Waals surface area contributed by atoms with E-state index < -0.39 is 11.6 Å². The van der Waals surface area contributed by atoms with Gasteiger partial charge < -0.3 is 10.4 Å². The Kier molecular flexibility index (Phi) is 5.22. The molecule has 148 valence electrons. The Labute approximate surface area is 166 Å². The zero-order valence-corrected chi connectivity index (χ0v) is 15.6. The Morgan fingerprint density at radius 2 is 2.07 bits per heavy atom. The average Bonchev–Trinajstić information content (AvgIpc) is 2.74. The second kappa shape index (κ2) is 7.96. The number of carboxylic acids is 1. The van der Waals surface area contributed by atoms with Gasteiger partial charge in [0.15, 0.2) is 0 Å². The van der Waals surface area contributed by atoms with Crippen LogP contribution in [0.15, 0.2) is 49.1 Å². The van der Waals surface area contributed by atoms with Crippen LogP contribution in [0.2, 0.25) is 0 Å². The summed E-state index contributed by atoms with van der Waals surface area (Å²) in [5.74, 6) is -0.682. The van der Waals surface area contributed by atoms with Crippen LogP contribution < -0.4 is 10.00 Å². The molecular formula is C20H20FN6O2+. The van der Waals surface area contributed by atoms with E-state index in [1.165, 1.54) is 23.3 Å². The zero-order valence-electron chi connectivity index (χ0n) is 15.6. The lowest BCUT2D eigenvalue weighted by atomic mass is 9.89. The summed E-state index contributed by atoms with van der Waals surface area (Å²) in [6.45, 7) is 1.31. The number of halogens is 1. The molecule has 0 atom stereocenters. The molecule has 0 amide bonds. The number of carbonyl (C=O) groups is 1. The SMILES string of the molecule is O=C(O)c1ccc(-[n+]2cccc(CC3(F)CCNCC3)n2)nc1-c1ccncn1. The molecule has 0 radical (unpaired) electrons. The van der Waals surface area contributed by atoms with Gasteiger partial charge in [-0.3, -0.25) is 0 Å². The number of alkyl halides is 1. The number of nitrogens with one attached hydrogen (secondary N) is 1. The van der Waals surface area contributed by atoms with E-state index in [4.69, 9.17) is 0 Å². The summed E-state index contributed by atoms with van der Waals surface area (Å²) >= 11 is 0. The number of aromatic carboxylic acids is 1. The van der Waals surface area contributed by atoms with Crippen molar-refractivity contribution in [3.05, 3.63) is 60.3 Å². The fourth-order valence-corrected chi connectivity index (χ4v) is 3.41. The fraction of sp³-hybridized carbons (Fsp3) is 0.300. The first kappa shape index (κ1) is 19.0. The molecule has 0 aliphatic carbocycles. The molecule has 0 saturated carbocycles. The topological polar surface area (TPSA) is 105 Å². The van der Waals surface area contributed by atoms with Crippen LogP contribution in [0.3, 0.4) is 0 Å². The first-order chi connectivity index (χ1) is 14.0. The average molecular weight is 395 g/mol. The van der Waals surface area contributed by atoms with Gasteiger partial charge in [-0.15, -0.1) is 4.68 Å². The van der Waals surface area contributed by atoms with Crippen molar-refractivity contribution in [2.75, 3.05) is 13.1 Å². The van der Waals surface area contributed by atoms with Crippen molar-refractivity contribution in [1.82, 2.24) is 25.4 Å². The van der Waals surface area contributed by atoms with E-state index in [0.717, 1.165) is 0 Å². The molecule has 0 unspecified atom stereocenters. The molecule has 1 saturated heterocycles. The quantitative estimate of drug-likeness (QED) is 0.632. The summed E-state index contributed by atoms with van der Waals surface area (Å²) in [5, 5.41) is 17.2. The number of aromatic nitrogens is 5. The normalized spacial score (nSPS) is 15.8. The van der Waals surface area contributed by atoms with E-state index in [1.54, 1.807) is 30.5 Å². The lowest BCUT2D eigenvalue weighted by Crippen LogP contribution is -2.42. The van der Waals surface area contributed by atoms with Crippen molar-refractivity contribution in [2.24, 2.45) is 0 Å². The first-order valence-electron chi connectivity index (χ1n) is 9.33. The van der Waals surface area contributed by atoms with Gasteiger partial charge in [0.05, 0.1) is 5.69 Å². The number of hydrogen-bond acceptors (Lipinski definition) is 6. The largest absolute Gasteiger partial charge is 0.478 e. The molecule has 0 spiro atoms. The minimum Gasteiger partial charge on any atom is -0.478 e. The Hall–Kier alpha value is -3.33. The highest BCUT2D eigenvalue weighted by Crippen LogP contribution is 2.27. The molecule has 4 heterocycles. The van der Waals surface area contributed by atoms with Crippen molar-refractivity contribution >= 4 is 5.97 Å². The Bertz CT molecular complexity index is 1020. The maximum absolute atomic E-state index is 15.0. The Balaban J connectivity index is 1.69. The van der Waals surface area contributed by atoms with Crippen molar-refractivity contribution in [3.63, 3.8) is 0 Å². The number of carboxylic acid groups (broad SMARTS) is 1. The van der Waals surface area contributed by atoms with E-state index in [0.29, 0.717) is 43.1 Å². The van der Waals surface area contributed by atoms with Crippen LogP contribution in [-0.4, -0.2) is 49.9 Å². The van der Waals surface area contributed by atoms with Crippen LogP contribution in [0.1, 0.15) is 28.9 Å². The first-order valence-corrected chi connectivity index (χ1v) is 9.33. The van der Waals surface area contributed by atoms with Gasteiger partial charge in [-0.05, 0) is 55.2 Å². The molecule has 1 aliphatic heterocycles. The molecular weight excluding hydrogens is 375 g/mol. The van der Waals surface area contributed by atoms with Crippen molar-refractivity contribution in [2.45, 2.75) is 24.9 Å². The summed E-state index contributed by atoms with van der Waals surface area (Å²) in [5.41, 5.74) is -0.0125. The van der Waals surface area contributed by atoms with Gasteiger partial charge in [0.25, 0.3) is 0 Å². The predicted octanol–water partition coefficient (Wildman–Crippen LogP) is 1.54. The highest BCUT2D eigenvalue weighted by atomic mass is 19.1. The van der Waals surface area contributed by atoms with E-state index in [9.17, 15) is 9.90 Å². The minimum absolute atomic E-state index is 0.0293. The van der Waals surface area contributed by atoms with Crippen molar-refractivity contribution in [3.8, 4) is 17.2 Å². The number of pyridine rings is 1. The summed E-state index contributed by atoms with van der Waals surface area (Å²) in [7, 11) is 0. The standard InChI is InChI=1S/C20H19FN6O2/c21-20(6-9-22-10-7-20)12-14-2-1-11-27(26-14)17-4-3-15(19(28)29)18(25-17)16-5-8-23-13-24-16/h1-5,8,11,13,22H,6-7,9-10,12H2/p+1. The Morgan fingerprint density at radius 1 is 1.24 bits per heavy atom. The molecule has 9 heteroatoms. The number of nitrogens with zero attached hydrogens (tertiary/aromatic N) is 5. The number of piperidine rings is 1. The summed E-state index contributed by atoms with van der Waals surface area (Å²) in [6, 6.07) is 8.20. The Morgan fingerprint density at radius 3 is 2.79 bits per heavy atom. The number of rotatable bonds is 5. The lowest BCUT2D eigenvalue weighted by molar-refractivity contribution is -0.664. The highest BCUT2D eigenvalue weighted by molar-refractivity contribution is 5.94. The van der Waals surface area contributed by atoms with Gasteiger partial charge in [0.2, 0.25) is 5.69 Å². The van der Waals surface area contributed by atoms with Gasteiger partial charge >= 0.3 is 11.8 Å². The molecule has 8 nitrogen and oxygen atoms in total. The molecule has 0 bridgehead atoms. The molecule has 0 aromatic carbocycles. The van der Waals surface area contributed by atoms with E-state index in [-0.39, 0.29) is 17.7 Å². The number of hydrogen-bond donors (Lipinski definition) is 2. The van der Waals surface area contributed by atoms with Crippen LogP contribution in [0, 0.1) is 0 Å². The van der Waals surface area contributed by atoms with E-state index in [1.807, 2.05) is 0 Å². The molecule has 1 fully saturated rings. The maximum atomic E-state index is 15.0. The van der Waals surface area contributed by atoms with Gasteiger partial charge in [-0.25, -0.2) is 19.2 Å². The summed E-state index contributed by atoms with van der Waals surface area (Å²) in [4.78, 5) is 24.0. The van der Waals surface area contributed by atoms with Crippen LogP contribution in [0.25, 0.3) is 17.2 Å². The molecule has 29 heavy (non-hydrogen) atoms. The molecule has 3 aromatic heterocycles. The van der Waals surface area contributed by atoms with Crippen molar-refractivity contribution < 1.29 is 19.0 Å². The highest BCUT2D eigenvalue weighted by Gasteiger charge is 2.33. The second-order valence-corrected chi connectivity index (χ2v) is 6.99. The van der Waals surface area contributed by atoms with Gasteiger partial charge in [0.1, 0.15) is 29.5 Å². The van der Waals surface area contributed by atoms with Gasteiger partial charge in [-0.2, -0.15) is 0 Å². The maximum Gasteiger partial charge on any atom is 0.348 e. The monoisotopic (exact) mass is 395 g/mol. The van der Waals surface area contributed by atoms with Crippen LogP contribution >= 0.6 is 0 Å². The third-order valence-corrected chi connectivity index (χ3v) is 4.92. The van der Waals surface area contributed by atoms with Crippen LogP contribution in [-0.2, 0) is 6.42 Å². The second-order valence-electron chi connectivity index (χ2n) is 6.99. The molecule has 1 aliphatic rings. The van der Waals surface area contributed by atoms with E-state index in [2.05, 4.69) is 25.4 Å².